The van der Waals surface area contributed by atoms with Crippen LogP contribution in [-0.2, 0) is 20.9 Å². The third-order valence-corrected chi connectivity index (χ3v) is 7.91. The number of hydrogen-bond donors (Lipinski definition) is 2. The van der Waals surface area contributed by atoms with Crippen molar-refractivity contribution in [2.45, 2.75) is 22.7 Å². The van der Waals surface area contributed by atoms with Gasteiger partial charge < -0.3 is 5.32 Å². The second-order valence-electron chi connectivity index (χ2n) is 7.22. The molecule has 0 aliphatic carbocycles. The number of thiazole rings is 1. The van der Waals surface area contributed by atoms with E-state index in [0.717, 1.165) is 16.9 Å². The van der Waals surface area contributed by atoms with Crippen molar-refractivity contribution in [2.75, 3.05) is 5.32 Å². The van der Waals surface area contributed by atoms with E-state index < -0.39 is 17.1 Å². The third-order valence-electron chi connectivity index (χ3n) is 5.29. The number of hydrogen-bond acceptors (Lipinski definition) is 7. The predicted molar refractivity (Wildman–Crippen MR) is 116 cm³/mol. The number of amides is 3. The lowest BCUT2D eigenvalue weighted by atomic mass is 9.84. The van der Waals surface area contributed by atoms with E-state index in [4.69, 9.17) is 0 Å². The molecule has 8 nitrogen and oxygen atoms in total. The van der Waals surface area contributed by atoms with Gasteiger partial charge >= 0.3 is 4.87 Å². The molecule has 2 aliphatic heterocycles. The predicted octanol–water partition coefficient (Wildman–Crippen LogP) is 1.82. The molecule has 0 saturated carbocycles. The Bertz CT molecular complexity index is 1240. The van der Waals surface area contributed by atoms with Gasteiger partial charge in [-0.3, -0.25) is 34.0 Å². The van der Waals surface area contributed by atoms with Crippen LogP contribution in [0.15, 0.2) is 64.7 Å². The summed E-state index contributed by atoms with van der Waals surface area (Å²) < 4.78 is 1.39. The molecule has 1 aromatic carbocycles. The van der Waals surface area contributed by atoms with Gasteiger partial charge in [0.25, 0.3) is 0 Å². The maximum Gasteiger partial charge on any atom is 0.308 e. The van der Waals surface area contributed by atoms with Gasteiger partial charge in [0.15, 0.2) is 0 Å². The van der Waals surface area contributed by atoms with E-state index in [1.165, 1.54) is 16.3 Å². The number of nitrogens with zero attached hydrogens (tertiary/aromatic N) is 2. The zero-order valence-corrected chi connectivity index (χ0v) is 17.6. The van der Waals surface area contributed by atoms with Crippen LogP contribution in [0.25, 0.3) is 0 Å². The van der Waals surface area contributed by atoms with Crippen LogP contribution in [0.3, 0.4) is 0 Å². The van der Waals surface area contributed by atoms with Gasteiger partial charge in [0.05, 0.1) is 10.9 Å². The molecule has 3 amide bonds. The van der Waals surface area contributed by atoms with Gasteiger partial charge in [0, 0.05) is 28.9 Å². The number of para-hydroxylation sites is 1. The molecular weight excluding hydrogens is 436 g/mol. The molecule has 0 bridgehead atoms. The second kappa shape index (κ2) is 7.78. The van der Waals surface area contributed by atoms with Crippen molar-refractivity contribution in [3.8, 4) is 0 Å². The molecule has 2 aromatic heterocycles. The lowest BCUT2D eigenvalue weighted by Gasteiger charge is -2.30. The fourth-order valence-electron chi connectivity index (χ4n) is 3.96. The number of nitrogens with one attached hydrogen (secondary N) is 2. The highest BCUT2D eigenvalue weighted by atomic mass is 32.2. The van der Waals surface area contributed by atoms with Crippen molar-refractivity contribution < 1.29 is 14.4 Å². The van der Waals surface area contributed by atoms with Crippen molar-refractivity contribution >= 4 is 46.5 Å². The van der Waals surface area contributed by atoms with Crippen molar-refractivity contribution in [3.63, 3.8) is 0 Å². The number of imide groups is 1. The normalized spacial score (nSPS) is 21.9. The molecule has 1 fully saturated rings. The monoisotopic (exact) mass is 452 g/mol. The van der Waals surface area contributed by atoms with E-state index in [-0.39, 0.29) is 29.1 Å². The minimum Gasteiger partial charge on any atom is -0.325 e. The molecule has 3 aromatic rings. The number of fused-ring (bicyclic) bond motifs is 2. The quantitative estimate of drug-likeness (QED) is 0.585. The molecule has 0 spiro atoms. The average Bonchev–Trinajstić information content (AvgIpc) is 3.23. The Labute approximate surface area is 184 Å². The minimum absolute atomic E-state index is 0.181. The summed E-state index contributed by atoms with van der Waals surface area (Å²) in [5.74, 6) is -2.17. The molecule has 2 N–H and O–H groups in total. The van der Waals surface area contributed by atoms with Crippen molar-refractivity contribution in [3.05, 3.63) is 75.0 Å². The van der Waals surface area contributed by atoms with E-state index in [9.17, 15) is 19.2 Å². The van der Waals surface area contributed by atoms with E-state index in [0.29, 0.717) is 15.6 Å². The first-order valence-electron chi connectivity index (χ1n) is 9.52. The van der Waals surface area contributed by atoms with Gasteiger partial charge in [0.1, 0.15) is 11.8 Å². The topological polar surface area (TPSA) is 110 Å². The Kier molecular flexibility index (Phi) is 4.95. The molecule has 31 heavy (non-hydrogen) atoms. The zero-order chi connectivity index (χ0) is 21.5. The van der Waals surface area contributed by atoms with Gasteiger partial charge in [-0.15, -0.1) is 0 Å². The molecule has 4 heterocycles. The highest BCUT2D eigenvalue weighted by Gasteiger charge is 2.52. The molecular formula is C21H16N4O4S2. The zero-order valence-electron chi connectivity index (χ0n) is 16.0. The summed E-state index contributed by atoms with van der Waals surface area (Å²) in [7, 11) is 0. The molecule has 0 unspecified atom stereocenters. The van der Waals surface area contributed by atoms with E-state index >= 15 is 0 Å². The number of rotatable bonds is 4. The van der Waals surface area contributed by atoms with Crippen molar-refractivity contribution in [2.24, 2.45) is 5.92 Å². The van der Waals surface area contributed by atoms with Crippen LogP contribution in [0.2, 0.25) is 0 Å². The highest BCUT2D eigenvalue weighted by Crippen LogP contribution is 2.51. The fourth-order valence-corrected chi connectivity index (χ4v) is 6.70. The van der Waals surface area contributed by atoms with Crippen LogP contribution >= 0.6 is 23.1 Å². The number of carbonyl (C=O) groups excluding carboxylic acids is 3. The number of pyridine rings is 1. The number of carbonyl (C=O) groups is 3. The average molecular weight is 453 g/mol. The van der Waals surface area contributed by atoms with Gasteiger partial charge in [0.2, 0.25) is 17.7 Å². The van der Waals surface area contributed by atoms with Gasteiger partial charge in [-0.05, 0) is 23.8 Å². The lowest BCUT2D eigenvalue weighted by molar-refractivity contribution is -0.126. The lowest BCUT2D eigenvalue weighted by Crippen LogP contribution is -2.32. The van der Waals surface area contributed by atoms with E-state index in [1.54, 1.807) is 42.7 Å². The summed E-state index contributed by atoms with van der Waals surface area (Å²) in [4.78, 5) is 55.0. The number of anilines is 1. The third kappa shape index (κ3) is 3.47. The van der Waals surface area contributed by atoms with Crippen LogP contribution in [0.4, 0.5) is 5.69 Å². The fraction of sp³-hybridized carbons (Fsp3) is 0.190. The summed E-state index contributed by atoms with van der Waals surface area (Å²) >= 11 is 2.18. The van der Waals surface area contributed by atoms with E-state index in [2.05, 4.69) is 15.6 Å². The molecule has 1 saturated heterocycles. The first-order chi connectivity index (χ1) is 15.0. The molecule has 3 atom stereocenters. The SMILES string of the molecule is O=C(Cn1c2c(sc1=O)[C@@H](c1cccnc1)[C@H]1C(=O)NC(=O)[C@H]1S2)Nc1ccccc1. The summed E-state index contributed by atoms with van der Waals surface area (Å²) in [5.41, 5.74) is 1.39. The Morgan fingerprint density at radius 1 is 1.10 bits per heavy atom. The maximum absolute atomic E-state index is 12.8. The first-order valence-corrected chi connectivity index (χ1v) is 11.2. The van der Waals surface area contributed by atoms with Crippen LogP contribution in [0, 0.1) is 5.92 Å². The summed E-state index contributed by atoms with van der Waals surface area (Å²) in [6.45, 7) is -0.181. The standard InChI is InChI=1S/C21H16N4O4S2/c26-13(23-12-6-2-1-3-7-12)10-25-20-17(31-21(25)29)14(11-5-4-8-22-9-11)15-16(30-20)19(28)24-18(15)27/h1-9,14-16H,10H2,(H,23,26)(H,24,27,28)/t14-,15+,16-/m0/s1. The molecule has 0 radical (unpaired) electrons. The molecule has 156 valence electrons. The minimum atomic E-state index is -0.664. The van der Waals surface area contributed by atoms with Crippen LogP contribution < -0.4 is 15.5 Å². The van der Waals surface area contributed by atoms with Crippen molar-refractivity contribution in [1.29, 1.82) is 0 Å². The summed E-state index contributed by atoms with van der Waals surface area (Å²) in [6, 6.07) is 12.6. The maximum atomic E-state index is 12.8. The highest BCUT2D eigenvalue weighted by molar-refractivity contribution is 8.00. The van der Waals surface area contributed by atoms with Gasteiger partial charge in [-0.25, -0.2) is 0 Å². The molecule has 10 heteroatoms. The second-order valence-corrected chi connectivity index (χ2v) is 9.34. The Balaban J connectivity index is 1.54. The number of benzene rings is 1. The Morgan fingerprint density at radius 2 is 1.90 bits per heavy atom. The van der Waals surface area contributed by atoms with Gasteiger partial charge in [-0.1, -0.05) is 47.4 Å². The van der Waals surface area contributed by atoms with Crippen molar-refractivity contribution in [1.82, 2.24) is 14.9 Å². The van der Waals surface area contributed by atoms with Crippen LogP contribution in [-0.4, -0.2) is 32.5 Å². The molecule has 2 aliphatic rings. The van der Waals surface area contributed by atoms with Crippen LogP contribution in [0.1, 0.15) is 16.4 Å². The first kappa shape index (κ1) is 19.7. The van der Waals surface area contributed by atoms with Gasteiger partial charge in [-0.2, -0.15) is 0 Å². The van der Waals surface area contributed by atoms with E-state index in [1.807, 2.05) is 12.1 Å². The number of thioether (sulfide) groups is 1. The smallest absolute Gasteiger partial charge is 0.308 e. The number of aromatic nitrogens is 2. The Hall–Kier alpha value is -3.24. The van der Waals surface area contributed by atoms with Crippen LogP contribution in [0.5, 0.6) is 0 Å². The summed E-state index contributed by atoms with van der Waals surface area (Å²) in [6.07, 6.45) is 3.27. The molecule has 5 rings (SSSR count). The summed E-state index contributed by atoms with van der Waals surface area (Å²) in [5, 5.41) is 5.07. The largest absolute Gasteiger partial charge is 0.325 e. The Morgan fingerprint density at radius 3 is 2.65 bits per heavy atom.